The number of rotatable bonds is 20. The van der Waals surface area contributed by atoms with Gasteiger partial charge in [0.25, 0.3) is 0 Å². The first kappa shape index (κ1) is 29.7. The lowest BCUT2D eigenvalue weighted by Crippen LogP contribution is -2.25. The highest BCUT2D eigenvalue weighted by Gasteiger charge is 2.17. The molecule has 3 nitrogen and oxygen atoms in total. The Morgan fingerprint density at radius 2 is 1.00 bits per heavy atom. The van der Waals surface area contributed by atoms with E-state index in [1.165, 1.54) is 60.8 Å². The van der Waals surface area contributed by atoms with Gasteiger partial charge in [-0.2, -0.15) is 0 Å². The van der Waals surface area contributed by atoms with E-state index in [9.17, 15) is 0 Å². The lowest BCUT2D eigenvalue weighted by molar-refractivity contribution is 0.325. The molecule has 0 aromatic heterocycles. The van der Waals surface area contributed by atoms with Gasteiger partial charge in [0.1, 0.15) is 11.5 Å². The van der Waals surface area contributed by atoms with Crippen molar-refractivity contribution in [1.29, 1.82) is 0 Å². The minimum Gasteiger partial charge on any atom is -0.457 e. The van der Waals surface area contributed by atoms with Gasteiger partial charge in [0.05, 0.1) is 0 Å². The van der Waals surface area contributed by atoms with Crippen molar-refractivity contribution in [1.82, 2.24) is 9.80 Å². The van der Waals surface area contributed by atoms with Crippen molar-refractivity contribution in [2.45, 2.75) is 57.8 Å². The van der Waals surface area contributed by atoms with E-state index < -0.39 is 0 Å². The van der Waals surface area contributed by atoms with Crippen LogP contribution in [0.25, 0.3) is 0 Å². The lowest BCUT2D eigenvalue weighted by Gasteiger charge is -2.22. The number of aryl methyl sites for hydroxylation is 2. The van der Waals surface area contributed by atoms with Crippen LogP contribution in [-0.2, 0) is 19.3 Å². The van der Waals surface area contributed by atoms with E-state index >= 15 is 0 Å². The molecule has 0 atom stereocenters. The van der Waals surface area contributed by atoms with Crippen molar-refractivity contribution in [3.05, 3.63) is 109 Å². The maximum atomic E-state index is 6.27. The topological polar surface area (TPSA) is 15.7 Å². The summed E-state index contributed by atoms with van der Waals surface area (Å²) in [5, 5.41) is 0. The van der Waals surface area contributed by atoms with Crippen LogP contribution in [0.5, 0.6) is 11.5 Å². The van der Waals surface area contributed by atoms with E-state index in [1.807, 2.05) is 24.3 Å². The summed E-state index contributed by atoms with van der Waals surface area (Å²) in [6.07, 6.45) is 18.5. The van der Waals surface area contributed by atoms with Gasteiger partial charge in [0, 0.05) is 32.6 Å². The fourth-order valence-corrected chi connectivity index (χ4v) is 5.30. The quantitative estimate of drug-likeness (QED) is 0.112. The van der Waals surface area contributed by atoms with Crippen LogP contribution < -0.4 is 4.74 Å². The summed E-state index contributed by atoms with van der Waals surface area (Å²) in [7, 11) is 0. The molecule has 0 amide bonds. The Hall–Kier alpha value is -2.88. The largest absolute Gasteiger partial charge is 0.457 e. The van der Waals surface area contributed by atoms with Gasteiger partial charge in [-0.15, -0.1) is 26.3 Å². The summed E-state index contributed by atoms with van der Waals surface area (Å²) < 4.78 is 6.27. The van der Waals surface area contributed by atoms with E-state index in [2.05, 4.69) is 72.5 Å². The summed E-state index contributed by atoms with van der Waals surface area (Å²) >= 11 is 0. The van der Waals surface area contributed by atoms with E-state index in [4.69, 9.17) is 4.74 Å². The fraction of sp³-hybridized carbons (Fsp3) is 0.429. The van der Waals surface area contributed by atoms with Crippen LogP contribution in [0.2, 0.25) is 0 Å². The first-order valence-electron chi connectivity index (χ1n) is 14.5. The van der Waals surface area contributed by atoms with Crippen molar-refractivity contribution in [3.8, 4) is 11.5 Å². The monoisotopic (exact) mass is 512 g/mol. The molecule has 3 rings (SSSR count). The molecule has 38 heavy (non-hydrogen) atoms. The molecule has 0 saturated carbocycles. The SMILES string of the molecule is C=CCN(CC=C)CCCCCc1ccc2c(c1)Cc1cc(CCCCCN(CC=C)CC=C)ccc1O2. The summed E-state index contributed by atoms with van der Waals surface area (Å²) in [6, 6.07) is 13.5. The zero-order chi connectivity index (χ0) is 27.0. The summed E-state index contributed by atoms with van der Waals surface area (Å²) in [5.74, 6) is 2.03. The molecule has 0 unspecified atom stereocenters. The minimum atomic E-state index is 0.935. The molecule has 2 aromatic rings. The van der Waals surface area contributed by atoms with Crippen molar-refractivity contribution in [2.75, 3.05) is 39.3 Å². The van der Waals surface area contributed by atoms with Crippen LogP contribution in [0.3, 0.4) is 0 Å². The number of hydrogen-bond donors (Lipinski definition) is 0. The molecule has 1 aliphatic heterocycles. The number of nitrogens with zero attached hydrogens (tertiary/aromatic N) is 2. The van der Waals surface area contributed by atoms with Gasteiger partial charge in [0.15, 0.2) is 0 Å². The van der Waals surface area contributed by atoms with E-state index in [0.29, 0.717) is 0 Å². The smallest absolute Gasteiger partial charge is 0.130 e. The molecule has 1 aliphatic rings. The predicted molar refractivity (Wildman–Crippen MR) is 165 cm³/mol. The molecule has 0 bridgehead atoms. The molecule has 0 radical (unpaired) electrons. The average Bonchev–Trinajstić information content (AvgIpc) is 2.92. The van der Waals surface area contributed by atoms with Crippen molar-refractivity contribution < 1.29 is 4.74 Å². The third kappa shape index (κ3) is 9.78. The Balaban J connectivity index is 1.44. The van der Waals surface area contributed by atoms with Crippen LogP contribution >= 0.6 is 0 Å². The van der Waals surface area contributed by atoms with E-state index in [1.54, 1.807) is 0 Å². The molecule has 2 aromatic carbocycles. The summed E-state index contributed by atoms with van der Waals surface area (Å²) in [4.78, 5) is 4.79. The molecule has 204 valence electrons. The number of benzene rings is 2. The number of unbranched alkanes of at least 4 members (excludes halogenated alkanes) is 4. The van der Waals surface area contributed by atoms with Gasteiger partial charge in [-0.05, 0) is 86.0 Å². The van der Waals surface area contributed by atoms with E-state index in [-0.39, 0.29) is 0 Å². The van der Waals surface area contributed by atoms with Crippen molar-refractivity contribution in [3.63, 3.8) is 0 Å². The first-order valence-corrected chi connectivity index (χ1v) is 14.5. The Morgan fingerprint density at radius 3 is 1.39 bits per heavy atom. The van der Waals surface area contributed by atoms with E-state index in [0.717, 1.165) is 70.0 Å². The van der Waals surface area contributed by atoms with Gasteiger partial charge >= 0.3 is 0 Å². The van der Waals surface area contributed by atoms with Crippen LogP contribution in [0.1, 0.15) is 60.8 Å². The predicted octanol–water partition coefficient (Wildman–Crippen LogP) is 8.16. The molecule has 0 aliphatic carbocycles. The zero-order valence-corrected chi connectivity index (χ0v) is 23.5. The lowest BCUT2D eigenvalue weighted by atomic mass is 9.94. The number of ether oxygens (including phenoxy) is 1. The highest BCUT2D eigenvalue weighted by atomic mass is 16.5. The van der Waals surface area contributed by atoms with Gasteiger partial charge < -0.3 is 4.74 Å². The second-order valence-electron chi connectivity index (χ2n) is 10.5. The second kappa shape index (κ2) is 16.9. The molecule has 1 heterocycles. The maximum Gasteiger partial charge on any atom is 0.130 e. The van der Waals surface area contributed by atoms with Gasteiger partial charge in [-0.3, -0.25) is 9.80 Å². The standard InChI is InChI=1S/C35H48N2O/c1-5-21-36(22-6-2)25-13-9-11-15-30-17-19-34-32(27-30)29-33-28-31(18-20-35(33)38-34)16-12-10-14-26-37(23-7-3)24-8-4/h5-8,17-20,27-28H,1-4,9-16,21-26,29H2. The molecule has 3 heteroatoms. The highest BCUT2D eigenvalue weighted by molar-refractivity contribution is 5.51. The number of fused-ring (bicyclic) bond motifs is 2. The minimum absolute atomic E-state index is 0.935. The summed E-state index contributed by atoms with van der Waals surface area (Å²) in [6.45, 7) is 21.4. The highest BCUT2D eigenvalue weighted by Crippen LogP contribution is 2.37. The third-order valence-electron chi connectivity index (χ3n) is 7.28. The molecule has 0 spiro atoms. The summed E-state index contributed by atoms with van der Waals surface area (Å²) in [5.41, 5.74) is 5.48. The van der Waals surface area contributed by atoms with Crippen LogP contribution in [0, 0.1) is 0 Å². The Labute approximate surface area is 232 Å². The van der Waals surface area contributed by atoms with Crippen LogP contribution in [0.4, 0.5) is 0 Å². The Kier molecular flexibility index (Phi) is 13.2. The molecule has 0 fully saturated rings. The molecule has 0 N–H and O–H groups in total. The van der Waals surface area contributed by atoms with Gasteiger partial charge in [0.2, 0.25) is 0 Å². The van der Waals surface area contributed by atoms with Crippen molar-refractivity contribution >= 4 is 0 Å². The molecule has 0 saturated heterocycles. The Morgan fingerprint density at radius 1 is 0.579 bits per heavy atom. The number of hydrogen-bond acceptors (Lipinski definition) is 3. The molecular weight excluding hydrogens is 464 g/mol. The average molecular weight is 513 g/mol. The Bertz CT molecular complexity index is 939. The van der Waals surface area contributed by atoms with Crippen molar-refractivity contribution in [2.24, 2.45) is 0 Å². The maximum absolute atomic E-state index is 6.27. The second-order valence-corrected chi connectivity index (χ2v) is 10.5. The van der Waals surface area contributed by atoms with Crippen LogP contribution in [-0.4, -0.2) is 49.1 Å². The van der Waals surface area contributed by atoms with Gasteiger partial charge in [-0.25, -0.2) is 0 Å². The fourth-order valence-electron chi connectivity index (χ4n) is 5.30. The third-order valence-corrected chi connectivity index (χ3v) is 7.28. The van der Waals surface area contributed by atoms with Crippen LogP contribution in [0.15, 0.2) is 87.0 Å². The normalized spacial score (nSPS) is 12.1. The molecular formula is C35H48N2O. The van der Waals surface area contributed by atoms with Gasteiger partial charge in [-0.1, -0.05) is 61.4 Å². The first-order chi connectivity index (χ1) is 18.7. The zero-order valence-electron chi connectivity index (χ0n) is 23.5.